The van der Waals surface area contributed by atoms with Gasteiger partial charge in [0.05, 0.1) is 11.4 Å². The van der Waals surface area contributed by atoms with Crippen LogP contribution in [0.2, 0.25) is 0 Å². The summed E-state index contributed by atoms with van der Waals surface area (Å²) in [6.45, 7) is 4.09. The van der Waals surface area contributed by atoms with Crippen LogP contribution in [0.25, 0.3) is 0 Å². The second-order valence-corrected chi connectivity index (χ2v) is 3.36. The molecular formula is C11H12N2. The van der Waals surface area contributed by atoms with E-state index >= 15 is 0 Å². The van der Waals surface area contributed by atoms with Gasteiger partial charge in [0, 0.05) is 17.8 Å². The summed E-state index contributed by atoms with van der Waals surface area (Å²) in [6, 6.07) is 7.99. The first-order valence-electron chi connectivity index (χ1n) is 4.43. The van der Waals surface area contributed by atoms with Gasteiger partial charge in [0.1, 0.15) is 0 Å². The molecule has 0 spiro atoms. The quantitative estimate of drug-likeness (QED) is 0.573. The molecule has 0 saturated heterocycles. The molecule has 0 saturated carbocycles. The van der Waals surface area contributed by atoms with E-state index in [9.17, 15) is 0 Å². The van der Waals surface area contributed by atoms with Crippen LogP contribution in [-0.4, -0.2) is 11.4 Å². The third-order valence-corrected chi connectivity index (χ3v) is 2.02. The second-order valence-electron chi connectivity index (χ2n) is 3.36. The minimum Gasteiger partial charge on any atom is -0.255 e. The van der Waals surface area contributed by atoms with Crippen LogP contribution in [0, 0.1) is 0 Å². The molecule has 1 aliphatic heterocycles. The fourth-order valence-corrected chi connectivity index (χ4v) is 1.51. The molecule has 1 aromatic carbocycles. The fourth-order valence-electron chi connectivity index (χ4n) is 1.51. The van der Waals surface area contributed by atoms with Gasteiger partial charge in [-0.2, -0.15) is 0 Å². The van der Waals surface area contributed by atoms with Crippen LogP contribution in [0.4, 0.5) is 11.4 Å². The maximum atomic E-state index is 4.49. The number of hydrogen-bond acceptors (Lipinski definition) is 2. The molecule has 0 radical (unpaired) electrons. The maximum Gasteiger partial charge on any atom is 0.0885 e. The van der Waals surface area contributed by atoms with E-state index in [2.05, 4.69) is 9.98 Å². The molecule has 0 N–H and O–H groups in total. The smallest absolute Gasteiger partial charge is 0.0885 e. The fraction of sp³-hybridized carbons (Fsp3) is 0.273. The standard InChI is InChI=1S/C11H12N2/c1-8-7-9(2)13-11-6-4-3-5-10(11)12-8/h3-6H,7H2,1-2H3. The van der Waals surface area contributed by atoms with Crippen molar-refractivity contribution in [2.75, 3.05) is 0 Å². The Morgan fingerprint density at radius 1 is 0.923 bits per heavy atom. The van der Waals surface area contributed by atoms with Crippen molar-refractivity contribution in [2.24, 2.45) is 9.98 Å². The minimum atomic E-state index is 0.884. The lowest BCUT2D eigenvalue weighted by Gasteiger charge is -1.96. The van der Waals surface area contributed by atoms with Crippen molar-refractivity contribution in [3.05, 3.63) is 24.3 Å². The summed E-state index contributed by atoms with van der Waals surface area (Å²) < 4.78 is 0. The Labute approximate surface area is 78.0 Å². The molecule has 2 rings (SSSR count). The molecule has 0 atom stereocenters. The molecule has 2 nitrogen and oxygen atoms in total. The molecule has 0 bridgehead atoms. The molecule has 2 heteroatoms. The number of hydrogen-bond donors (Lipinski definition) is 0. The largest absolute Gasteiger partial charge is 0.255 e. The maximum absolute atomic E-state index is 4.49. The number of benzene rings is 1. The summed E-state index contributed by atoms with van der Waals surface area (Å²) >= 11 is 0. The van der Waals surface area contributed by atoms with Gasteiger partial charge in [-0.05, 0) is 26.0 Å². The summed E-state index contributed by atoms with van der Waals surface area (Å²) in [5.74, 6) is 0. The van der Waals surface area contributed by atoms with E-state index in [1.54, 1.807) is 0 Å². The first kappa shape index (κ1) is 8.17. The van der Waals surface area contributed by atoms with Gasteiger partial charge in [0.15, 0.2) is 0 Å². The lowest BCUT2D eigenvalue weighted by Crippen LogP contribution is -1.97. The van der Waals surface area contributed by atoms with E-state index in [1.165, 1.54) is 0 Å². The number of nitrogens with zero attached hydrogens (tertiary/aromatic N) is 2. The van der Waals surface area contributed by atoms with Gasteiger partial charge in [0.2, 0.25) is 0 Å². The molecule has 0 unspecified atom stereocenters. The number of aliphatic imine (C=N–C) groups is 2. The van der Waals surface area contributed by atoms with E-state index in [4.69, 9.17) is 0 Å². The molecular weight excluding hydrogens is 160 g/mol. The summed E-state index contributed by atoms with van der Waals surface area (Å²) in [6.07, 6.45) is 0.884. The van der Waals surface area contributed by atoms with Crippen molar-refractivity contribution in [3.63, 3.8) is 0 Å². The van der Waals surface area contributed by atoms with E-state index < -0.39 is 0 Å². The average Bonchev–Trinajstić information content (AvgIpc) is 2.20. The first-order valence-corrected chi connectivity index (χ1v) is 4.43. The predicted molar refractivity (Wildman–Crippen MR) is 56.6 cm³/mol. The Morgan fingerprint density at radius 2 is 1.38 bits per heavy atom. The van der Waals surface area contributed by atoms with Crippen LogP contribution < -0.4 is 0 Å². The van der Waals surface area contributed by atoms with Crippen LogP contribution in [0.5, 0.6) is 0 Å². The van der Waals surface area contributed by atoms with Gasteiger partial charge in [-0.15, -0.1) is 0 Å². The van der Waals surface area contributed by atoms with Crippen LogP contribution in [0.15, 0.2) is 34.3 Å². The highest BCUT2D eigenvalue weighted by molar-refractivity contribution is 6.06. The lowest BCUT2D eigenvalue weighted by molar-refractivity contribution is 1.44. The van der Waals surface area contributed by atoms with Crippen molar-refractivity contribution < 1.29 is 0 Å². The highest BCUT2D eigenvalue weighted by Crippen LogP contribution is 2.29. The molecule has 1 heterocycles. The predicted octanol–water partition coefficient (Wildman–Crippen LogP) is 3.28. The minimum absolute atomic E-state index is 0.884. The van der Waals surface area contributed by atoms with Crippen molar-refractivity contribution >= 4 is 22.8 Å². The van der Waals surface area contributed by atoms with Gasteiger partial charge < -0.3 is 0 Å². The monoisotopic (exact) mass is 172 g/mol. The molecule has 66 valence electrons. The van der Waals surface area contributed by atoms with Crippen LogP contribution in [-0.2, 0) is 0 Å². The number of rotatable bonds is 0. The highest BCUT2D eigenvalue weighted by Gasteiger charge is 2.05. The molecule has 0 fully saturated rings. The van der Waals surface area contributed by atoms with Gasteiger partial charge in [0.25, 0.3) is 0 Å². The SMILES string of the molecule is CC1=Nc2ccccc2N=C(C)C1. The van der Waals surface area contributed by atoms with E-state index in [1.807, 2.05) is 38.1 Å². The lowest BCUT2D eigenvalue weighted by atomic mass is 10.2. The van der Waals surface area contributed by atoms with Crippen molar-refractivity contribution in [1.82, 2.24) is 0 Å². The Hall–Kier alpha value is -1.44. The average molecular weight is 172 g/mol. The third kappa shape index (κ3) is 1.66. The summed E-state index contributed by atoms with van der Waals surface area (Å²) in [7, 11) is 0. The molecule has 13 heavy (non-hydrogen) atoms. The Balaban J connectivity index is 2.60. The van der Waals surface area contributed by atoms with Crippen molar-refractivity contribution in [2.45, 2.75) is 20.3 Å². The topological polar surface area (TPSA) is 24.7 Å². The Kier molecular flexibility index (Phi) is 1.97. The molecule has 0 aliphatic carbocycles. The third-order valence-electron chi connectivity index (χ3n) is 2.02. The van der Waals surface area contributed by atoms with Crippen molar-refractivity contribution in [1.29, 1.82) is 0 Å². The van der Waals surface area contributed by atoms with E-state index in [0.717, 1.165) is 29.2 Å². The number of fused-ring (bicyclic) bond motifs is 1. The summed E-state index contributed by atoms with van der Waals surface area (Å²) in [5, 5.41) is 0. The van der Waals surface area contributed by atoms with Crippen LogP contribution >= 0.6 is 0 Å². The number of para-hydroxylation sites is 2. The van der Waals surface area contributed by atoms with Gasteiger partial charge >= 0.3 is 0 Å². The zero-order chi connectivity index (χ0) is 9.26. The summed E-state index contributed by atoms with van der Waals surface area (Å²) in [4.78, 5) is 8.98. The molecule has 0 amide bonds. The van der Waals surface area contributed by atoms with Crippen LogP contribution in [0.3, 0.4) is 0 Å². The van der Waals surface area contributed by atoms with Gasteiger partial charge in [-0.3, -0.25) is 9.98 Å². The van der Waals surface area contributed by atoms with Crippen molar-refractivity contribution in [3.8, 4) is 0 Å². The van der Waals surface area contributed by atoms with Gasteiger partial charge in [-0.1, -0.05) is 12.1 Å². The first-order chi connectivity index (χ1) is 6.25. The Morgan fingerprint density at radius 3 is 1.85 bits per heavy atom. The molecule has 0 aromatic heterocycles. The van der Waals surface area contributed by atoms with Crippen LogP contribution in [0.1, 0.15) is 20.3 Å². The highest BCUT2D eigenvalue weighted by atomic mass is 14.9. The molecule has 1 aromatic rings. The van der Waals surface area contributed by atoms with E-state index in [0.29, 0.717) is 0 Å². The zero-order valence-corrected chi connectivity index (χ0v) is 7.91. The van der Waals surface area contributed by atoms with E-state index in [-0.39, 0.29) is 0 Å². The normalized spacial score (nSPS) is 15.5. The molecule has 1 aliphatic rings. The summed E-state index contributed by atoms with van der Waals surface area (Å²) in [5.41, 5.74) is 4.23. The second kappa shape index (κ2) is 3.13. The zero-order valence-electron chi connectivity index (χ0n) is 7.91. The Bertz CT molecular complexity index is 352. The van der Waals surface area contributed by atoms with Gasteiger partial charge in [-0.25, -0.2) is 0 Å².